The van der Waals surface area contributed by atoms with Gasteiger partial charge in [0.15, 0.2) is 0 Å². The van der Waals surface area contributed by atoms with Crippen molar-refractivity contribution in [3.63, 3.8) is 0 Å². The first-order chi connectivity index (χ1) is 9.19. The van der Waals surface area contributed by atoms with Crippen LogP contribution in [-0.4, -0.2) is 25.6 Å². The second-order valence-electron chi connectivity index (χ2n) is 4.55. The summed E-state index contributed by atoms with van der Waals surface area (Å²) in [6.45, 7) is 4.64. The Morgan fingerprint density at radius 2 is 1.95 bits per heavy atom. The highest BCUT2D eigenvalue weighted by molar-refractivity contribution is 5.92. The number of ether oxygens (including phenoxy) is 1. The molecule has 0 heterocycles. The van der Waals surface area contributed by atoms with Gasteiger partial charge in [0, 0.05) is 11.7 Å². The molecule has 0 radical (unpaired) electrons. The molecule has 0 saturated carbocycles. The molecule has 0 aliphatic carbocycles. The Labute approximate surface area is 115 Å². The maximum absolute atomic E-state index is 11.8. The zero-order valence-electron chi connectivity index (χ0n) is 12.0. The number of anilines is 1. The molecule has 0 saturated heterocycles. The van der Waals surface area contributed by atoms with Gasteiger partial charge in [-0.3, -0.25) is 4.79 Å². The van der Waals surface area contributed by atoms with Crippen LogP contribution in [0.4, 0.5) is 5.69 Å². The maximum atomic E-state index is 11.8. The second kappa shape index (κ2) is 8.53. The molecule has 106 valence electrons. The molecule has 1 atom stereocenters. The molecule has 0 bridgehead atoms. The van der Waals surface area contributed by atoms with Crippen molar-refractivity contribution in [1.82, 2.24) is 5.32 Å². The number of amides is 1. The normalized spacial score (nSPS) is 11.9. The van der Waals surface area contributed by atoms with Crippen LogP contribution in [0.15, 0.2) is 24.3 Å². The third-order valence-corrected chi connectivity index (χ3v) is 3.06. The fourth-order valence-corrected chi connectivity index (χ4v) is 1.92. The van der Waals surface area contributed by atoms with E-state index in [9.17, 15) is 4.79 Å². The number of benzene rings is 1. The van der Waals surface area contributed by atoms with E-state index >= 15 is 0 Å². The van der Waals surface area contributed by atoms with Crippen molar-refractivity contribution in [1.29, 1.82) is 0 Å². The van der Waals surface area contributed by atoms with Crippen LogP contribution in [0.3, 0.4) is 0 Å². The van der Waals surface area contributed by atoms with E-state index in [1.165, 1.54) is 0 Å². The summed E-state index contributed by atoms with van der Waals surface area (Å²) in [6, 6.07) is 7.75. The van der Waals surface area contributed by atoms with Crippen molar-refractivity contribution in [2.45, 2.75) is 39.2 Å². The summed E-state index contributed by atoms with van der Waals surface area (Å²) in [4.78, 5) is 11.8. The summed E-state index contributed by atoms with van der Waals surface area (Å²) in [5, 5.41) is 6.13. The lowest BCUT2D eigenvalue weighted by Crippen LogP contribution is -2.35. The van der Waals surface area contributed by atoms with E-state index in [0.29, 0.717) is 12.6 Å². The summed E-state index contributed by atoms with van der Waals surface area (Å²) >= 11 is 0. The lowest BCUT2D eigenvalue weighted by Gasteiger charge is -2.15. The van der Waals surface area contributed by atoms with Crippen molar-refractivity contribution in [2.75, 3.05) is 19.0 Å². The molecule has 1 unspecified atom stereocenters. The van der Waals surface area contributed by atoms with Crippen molar-refractivity contribution >= 4 is 11.6 Å². The number of carbonyl (C=O) groups is 1. The van der Waals surface area contributed by atoms with Gasteiger partial charge in [-0.1, -0.05) is 20.3 Å². The zero-order chi connectivity index (χ0) is 14.1. The molecule has 0 aromatic heterocycles. The first-order valence-electron chi connectivity index (χ1n) is 6.86. The predicted molar refractivity (Wildman–Crippen MR) is 78.6 cm³/mol. The molecular formula is C15H24N2O2. The van der Waals surface area contributed by atoms with E-state index in [4.69, 9.17) is 4.74 Å². The number of methoxy groups -OCH3 is 1. The molecular weight excluding hydrogens is 240 g/mol. The Morgan fingerprint density at radius 1 is 1.26 bits per heavy atom. The van der Waals surface area contributed by atoms with Gasteiger partial charge in [0.2, 0.25) is 5.91 Å². The second-order valence-corrected chi connectivity index (χ2v) is 4.55. The van der Waals surface area contributed by atoms with Crippen LogP contribution in [-0.2, 0) is 4.79 Å². The van der Waals surface area contributed by atoms with E-state index < -0.39 is 0 Å². The molecule has 4 nitrogen and oxygen atoms in total. The first-order valence-corrected chi connectivity index (χ1v) is 6.86. The monoisotopic (exact) mass is 264 g/mol. The zero-order valence-corrected chi connectivity index (χ0v) is 12.0. The van der Waals surface area contributed by atoms with Gasteiger partial charge in [-0.2, -0.15) is 0 Å². The molecule has 0 aliphatic heterocycles. The topological polar surface area (TPSA) is 50.4 Å². The predicted octanol–water partition coefficient (Wildman–Crippen LogP) is 2.80. The van der Waals surface area contributed by atoms with Crippen LogP contribution < -0.4 is 15.4 Å². The first kappa shape index (κ1) is 15.5. The van der Waals surface area contributed by atoms with Crippen LogP contribution >= 0.6 is 0 Å². The number of hydrogen-bond acceptors (Lipinski definition) is 3. The van der Waals surface area contributed by atoms with Gasteiger partial charge in [-0.15, -0.1) is 0 Å². The minimum atomic E-state index is -0.0141. The van der Waals surface area contributed by atoms with Crippen molar-refractivity contribution in [3.8, 4) is 5.75 Å². The van der Waals surface area contributed by atoms with Gasteiger partial charge in [-0.25, -0.2) is 0 Å². The molecule has 1 aromatic rings. The Morgan fingerprint density at radius 3 is 2.47 bits per heavy atom. The van der Waals surface area contributed by atoms with E-state index in [0.717, 1.165) is 30.7 Å². The third kappa shape index (κ3) is 5.75. The lowest BCUT2D eigenvalue weighted by atomic mass is 10.1. The van der Waals surface area contributed by atoms with Crippen LogP contribution in [0.2, 0.25) is 0 Å². The molecule has 0 spiro atoms. The van der Waals surface area contributed by atoms with Crippen molar-refractivity contribution in [2.24, 2.45) is 0 Å². The van der Waals surface area contributed by atoms with Crippen LogP contribution in [0, 0.1) is 0 Å². The average Bonchev–Trinajstić information content (AvgIpc) is 2.44. The third-order valence-electron chi connectivity index (χ3n) is 3.06. The summed E-state index contributed by atoms with van der Waals surface area (Å²) in [5.41, 5.74) is 0.788. The Bertz CT molecular complexity index is 376. The highest BCUT2D eigenvalue weighted by atomic mass is 16.5. The molecule has 1 amide bonds. The van der Waals surface area contributed by atoms with E-state index in [2.05, 4.69) is 24.5 Å². The Hall–Kier alpha value is -1.55. The number of rotatable bonds is 8. The van der Waals surface area contributed by atoms with Gasteiger partial charge in [0.05, 0.1) is 13.7 Å². The fraction of sp³-hybridized carbons (Fsp3) is 0.533. The quantitative estimate of drug-likeness (QED) is 0.759. The van der Waals surface area contributed by atoms with Gasteiger partial charge < -0.3 is 15.4 Å². The minimum Gasteiger partial charge on any atom is -0.497 e. The van der Waals surface area contributed by atoms with Crippen molar-refractivity contribution < 1.29 is 9.53 Å². The molecule has 4 heteroatoms. The van der Waals surface area contributed by atoms with Crippen LogP contribution in [0.5, 0.6) is 5.75 Å². The molecule has 2 N–H and O–H groups in total. The number of hydrogen-bond donors (Lipinski definition) is 2. The average molecular weight is 264 g/mol. The summed E-state index contributed by atoms with van der Waals surface area (Å²) < 4.78 is 5.07. The Kier molecular flexibility index (Phi) is 6.97. The van der Waals surface area contributed by atoms with Gasteiger partial charge in [-0.05, 0) is 37.1 Å². The van der Waals surface area contributed by atoms with E-state index in [-0.39, 0.29) is 5.91 Å². The number of nitrogens with one attached hydrogen (secondary N) is 2. The highest BCUT2D eigenvalue weighted by Gasteiger charge is 2.07. The maximum Gasteiger partial charge on any atom is 0.238 e. The summed E-state index contributed by atoms with van der Waals surface area (Å²) in [6.07, 6.45) is 3.28. The minimum absolute atomic E-state index is 0.0141. The summed E-state index contributed by atoms with van der Waals surface area (Å²) in [7, 11) is 1.62. The van der Waals surface area contributed by atoms with E-state index in [1.54, 1.807) is 7.11 Å². The standard InChI is InChI=1S/C15H24N2O2/c1-4-6-12(5-2)16-11-15(18)17-13-7-9-14(19-3)10-8-13/h7-10,12,16H,4-6,11H2,1-3H3,(H,17,18). The largest absolute Gasteiger partial charge is 0.497 e. The van der Waals surface area contributed by atoms with Crippen LogP contribution in [0.1, 0.15) is 33.1 Å². The van der Waals surface area contributed by atoms with Crippen LogP contribution in [0.25, 0.3) is 0 Å². The van der Waals surface area contributed by atoms with E-state index in [1.807, 2.05) is 24.3 Å². The SMILES string of the molecule is CCCC(CC)NCC(=O)Nc1ccc(OC)cc1. The highest BCUT2D eigenvalue weighted by Crippen LogP contribution is 2.14. The molecule has 0 fully saturated rings. The van der Waals surface area contributed by atoms with Gasteiger partial charge >= 0.3 is 0 Å². The Balaban J connectivity index is 2.37. The molecule has 0 aliphatic rings. The molecule has 1 rings (SSSR count). The number of carbonyl (C=O) groups excluding carboxylic acids is 1. The molecule has 19 heavy (non-hydrogen) atoms. The fourth-order valence-electron chi connectivity index (χ4n) is 1.92. The lowest BCUT2D eigenvalue weighted by molar-refractivity contribution is -0.115. The smallest absolute Gasteiger partial charge is 0.238 e. The summed E-state index contributed by atoms with van der Waals surface area (Å²) in [5.74, 6) is 0.768. The molecule has 1 aromatic carbocycles. The van der Waals surface area contributed by atoms with Crippen molar-refractivity contribution in [3.05, 3.63) is 24.3 Å². The van der Waals surface area contributed by atoms with Gasteiger partial charge in [0.25, 0.3) is 0 Å². The van der Waals surface area contributed by atoms with Gasteiger partial charge in [0.1, 0.15) is 5.75 Å².